The molecule has 1 N–H and O–H groups in total. The third kappa shape index (κ3) is 7.32. The van der Waals surface area contributed by atoms with Crippen LogP contribution in [0.25, 0.3) is 10.9 Å². The standard InChI is InChI=1S/C18H23NO4.C9H19N/c1-6-12-9-8-10-13-11-14(16(20)22-7-2)19(15(12)13)17(21)23-18(3,4)5;1-8(2)6-5-7-9(3,4)10-8/h8-11H,6-7H2,1-5H3;10H,5-7H2,1-4H3. The van der Waals surface area contributed by atoms with Crippen LogP contribution in [0.5, 0.6) is 0 Å². The smallest absolute Gasteiger partial charge is 0.419 e. The SMILES string of the molecule is CC1(C)CCCC(C)(C)N1.CCOC(=O)c1cc2cccc(CC)c2n1C(=O)OC(C)(C)C. The van der Waals surface area contributed by atoms with E-state index in [4.69, 9.17) is 9.47 Å². The predicted octanol–water partition coefficient (Wildman–Crippen LogP) is 6.48. The highest BCUT2D eigenvalue weighted by Crippen LogP contribution is 2.28. The zero-order chi connectivity index (χ0) is 25.0. The van der Waals surface area contributed by atoms with E-state index in [1.807, 2.05) is 25.1 Å². The molecule has 0 spiro atoms. The molecule has 1 saturated heterocycles. The van der Waals surface area contributed by atoms with Gasteiger partial charge in [-0.15, -0.1) is 0 Å². The molecule has 1 aliphatic heterocycles. The van der Waals surface area contributed by atoms with Gasteiger partial charge in [-0.1, -0.05) is 25.1 Å². The Morgan fingerprint density at radius 2 is 1.67 bits per heavy atom. The fourth-order valence-corrected chi connectivity index (χ4v) is 4.48. The molecule has 2 heterocycles. The third-order valence-corrected chi connectivity index (χ3v) is 5.63. The van der Waals surface area contributed by atoms with Gasteiger partial charge in [0.15, 0.2) is 0 Å². The Morgan fingerprint density at radius 1 is 1.06 bits per heavy atom. The number of ether oxygens (including phenoxy) is 2. The van der Waals surface area contributed by atoms with Gasteiger partial charge in [-0.2, -0.15) is 0 Å². The van der Waals surface area contributed by atoms with Crippen LogP contribution in [0.1, 0.15) is 97.6 Å². The van der Waals surface area contributed by atoms with Gasteiger partial charge in [-0.25, -0.2) is 14.2 Å². The zero-order valence-electron chi connectivity index (χ0n) is 21.9. The summed E-state index contributed by atoms with van der Waals surface area (Å²) >= 11 is 0. The van der Waals surface area contributed by atoms with Crippen LogP contribution in [0.15, 0.2) is 24.3 Å². The van der Waals surface area contributed by atoms with Gasteiger partial charge in [0.2, 0.25) is 0 Å². The van der Waals surface area contributed by atoms with E-state index in [0.717, 1.165) is 17.4 Å². The quantitative estimate of drug-likeness (QED) is 0.533. The lowest BCUT2D eigenvalue weighted by Gasteiger charge is -2.42. The fraction of sp³-hybridized carbons (Fsp3) is 0.630. The Morgan fingerprint density at radius 3 is 2.12 bits per heavy atom. The molecule has 1 fully saturated rings. The Hall–Kier alpha value is -2.34. The van der Waals surface area contributed by atoms with E-state index in [1.165, 1.54) is 23.8 Å². The summed E-state index contributed by atoms with van der Waals surface area (Å²) < 4.78 is 11.9. The molecule has 0 aliphatic carbocycles. The first-order valence-corrected chi connectivity index (χ1v) is 12.0. The van der Waals surface area contributed by atoms with E-state index in [-0.39, 0.29) is 12.3 Å². The summed E-state index contributed by atoms with van der Waals surface area (Å²) in [5.41, 5.74) is 1.94. The van der Waals surface area contributed by atoms with Crippen molar-refractivity contribution in [1.82, 2.24) is 9.88 Å². The highest BCUT2D eigenvalue weighted by Gasteiger charge is 2.31. The zero-order valence-corrected chi connectivity index (χ0v) is 21.9. The summed E-state index contributed by atoms with van der Waals surface area (Å²) in [6.07, 6.45) is 4.17. The van der Waals surface area contributed by atoms with Crippen LogP contribution in [0.4, 0.5) is 4.79 Å². The van der Waals surface area contributed by atoms with Crippen molar-refractivity contribution in [2.45, 2.75) is 105 Å². The molecule has 33 heavy (non-hydrogen) atoms. The van der Waals surface area contributed by atoms with E-state index in [9.17, 15) is 9.59 Å². The van der Waals surface area contributed by atoms with Crippen LogP contribution in [0.3, 0.4) is 0 Å². The number of hydrogen-bond donors (Lipinski definition) is 1. The molecule has 0 atom stereocenters. The van der Waals surface area contributed by atoms with Crippen LogP contribution in [-0.4, -0.2) is 39.9 Å². The molecule has 0 bridgehead atoms. The molecular formula is C27H42N2O4. The third-order valence-electron chi connectivity index (χ3n) is 5.63. The highest BCUT2D eigenvalue weighted by atomic mass is 16.6. The molecular weight excluding hydrogens is 416 g/mol. The number of carbonyl (C=O) groups excluding carboxylic acids is 2. The van der Waals surface area contributed by atoms with Gasteiger partial charge < -0.3 is 14.8 Å². The summed E-state index contributed by atoms with van der Waals surface area (Å²) in [7, 11) is 0. The summed E-state index contributed by atoms with van der Waals surface area (Å²) in [6, 6.07) is 7.40. The summed E-state index contributed by atoms with van der Waals surface area (Å²) in [4.78, 5) is 24.9. The van der Waals surface area contributed by atoms with Gasteiger partial charge in [0.1, 0.15) is 11.3 Å². The fourth-order valence-electron chi connectivity index (χ4n) is 4.48. The van der Waals surface area contributed by atoms with Gasteiger partial charge in [0.25, 0.3) is 0 Å². The largest absolute Gasteiger partial charge is 0.461 e. The maximum absolute atomic E-state index is 12.7. The van der Waals surface area contributed by atoms with Crippen molar-refractivity contribution in [2.75, 3.05) is 6.61 Å². The molecule has 0 amide bonds. The minimum Gasteiger partial charge on any atom is -0.461 e. The van der Waals surface area contributed by atoms with Crippen LogP contribution >= 0.6 is 0 Å². The lowest BCUT2D eigenvalue weighted by atomic mass is 9.83. The summed E-state index contributed by atoms with van der Waals surface area (Å²) in [5.74, 6) is -0.531. The monoisotopic (exact) mass is 458 g/mol. The van der Waals surface area contributed by atoms with Crippen molar-refractivity contribution < 1.29 is 19.1 Å². The molecule has 3 rings (SSSR count). The average Bonchev–Trinajstić information content (AvgIpc) is 3.05. The van der Waals surface area contributed by atoms with Gasteiger partial charge in [0, 0.05) is 16.5 Å². The number of aryl methyl sites for hydroxylation is 1. The second kappa shape index (κ2) is 10.3. The first kappa shape index (κ1) is 26.9. The van der Waals surface area contributed by atoms with Gasteiger partial charge in [-0.05, 0) is 92.7 Å². The van der Waals surface area contributed by atoms with Gasteiger partial charge in [0.05, 0.1) is 12.1 Å². The van der Waals surface area contributed by atoms with Gasteiger partial charge >= 0.3 is 12.1 Å². The van der Waals surface area contributed by atoms with Crippen molar-refractivity contribution in [2.24, 2.45) is 0 Å². The Balaban J connectivity index is 0.000000321. The first-order chi connectivity index (χ1) is 15.2. The van der Waals surface area contributed by atoms with E-state index < -0.39 is 17.7 Å². The second-order valence-corrected chi connectivity index (χ2v) is 11.0. The minimum atomic E-state index is -0.652. The van der Waals surface area contributed by atoms with Crippen LogP contribution in [-0.2, 0) is 15.9 Å². The number of fused-ring (bicyclic) bond motifs is 1. The maximum Gasteiger partial charge on any atom is 0.419 e. The minimum absolute atomic E-state index is 0.192. The number of esters is 1. The number of benzene rings is 1. The number of piperidine rings is 1. The number of rotatable bonds is 3. The molecule has 1 aromatic heterocycles. The molecule has 2 aromatic rings. The van der Waals surface area contributed by atoms with Crippen molar-refractivity contribution in [1.29, 1.82) is 0 Å². The first-order valence-electron chi connectivity index (χ1n) is 12.0. The van der Waals surface area contributed by atoms with Crippen molar-refractivity contribution in [3.8, 4) is 0 Å². The maximum atomic E-state index is 12.7. The average molecular weight is 459 g/mol. The number of nitrogens with zero attached hydrogens (tertiary/aromatic N) is 1. The van der Waals surface area contributed by atoms with Crippen LogP contribution in [0, 0.1) is 0 Å². The van der Waals surface area contributed by atoms with Crippen molar-refractivity contribution in [3.63, 3.8) is 0 Å². The number of hydrogen-bond acceptors (Lipinski definition) is 5. The van der Waals surface area contributed by atoms with E-state index in [2.05, 4.69) is 33.0 Å². The molecule has 184 valence electrons. The second-order valence-electron chi connectivity index (χ2n) is 11.0. The molecule has 6 heteroatoms. The molecule has 1 aromatic carbocycles. The van der Waals surface area contributed by atoms with Crippen LogP contribution in [0.2, 0.25) is 0 Å². The van der Waals surface area contributed by atoms with Gasteiger partial charge in [-0.3, -0.25) is 0 Å². The van der Waals surface area contributed by atoms with E-state index in [0.29, 0.717) is 16.6 Å². The highest BCUT2D eigenvalue weighted by molar-refractivity contribution is 6.02. The molecule has 6 nitrogen and oxygen atoms in total. The number of nitrogens with one attached hydrogen (secondary N) is 1. The molecule has 0 radical (unpaired) electrons. The summed E-state index contributed by atoms with van der Waals surface area (Å²) in [6.45, 7) is 18.5. The van der Waals surface area contributed by atoms with Crippen molar-refractivity contribution >= 4 is 23.0 Å². The molecule has 0 unspecified atom stereocenters. The normalized spacial score (nSPS) is 17.1. The number of para-hydroxylation sites is 1. The lowest BCUT2D eigenvalue weighted by Crippen LogP contribution is -2.55. The summed E-state index contributed by atoms with van der Waals surface area (Å²) in [5, 5.41) is 4.45. The number of carbonyl (C=O) groups is 2. The lowest BCUT2D eigenvalue weighted by molar-refractivity contribution is 0.0454. The Labute approximate surface area is 199 Å². The molecule has 1 aliphatic rings. The van der Waals surface area contributed by atoms with Crippen LogP contribution < -0.4 is 5.32 Å². The van der Waals surface area contributed by atoms with Crippen molar-refractivity contribution in [3.05, 3.63) is 35.5 Å². The Bertz CT molecular complexity index is 966. The Kier molecular flexibility index (Phi) is 8.39. The topological polar surface area (TPSA) is 69.6 Å². The van der Waals surface area contributed by atoms with E-state index >= 15 is 0 Å². The number of aromatic nitrogens is 1. The molecule has 0 saturated carbocycles. The van der Waals surface area contributed by atoms with E-state index in [1.54, 1.807) is 33.8 Å². The predicted molar refractivity (Wildman–Crippen MR) is 134 cm³/mol.